The fourth-order valence-corrected chi connectivity index (χ4v) is 3.11. The van der Waals surface area contributed by atoms with Gasteiger partial charge in [-0.15, -0.1) is 24.8 Å². The minimum Gasteiger partial charge on any atom is -0.494 e. The van der Waals surface area contributed by atoms with Crippen LogP contribution in [-0.2, 0) is 17.8 Å². The molecule has 0 aliphatic carbocycles. The minimum absolute atomic E-state index is 0. The molecule has 1 atom stereocenters. The molecule has 0 radical (unpaired) electrons. The average Bonchev–Trinajstić information content (AvgIpc) is 3.18. The Hall–Kier alpha value is -2.54. The van der Waals surface area contributed by atoms with Crippen LogP contribution in [0, 0.1) is 0 Å². The summed E-state index contributed by atoms with van der Waals surface area (Å²) in [6.45, 7) is 1.90. The van der Waals surface area contributed by atoms with Crippen molar-refractivity contribution in [2.75, 3.05) is 20.2 Å². The molecule has 0 bridgehead atoms. The summed E-state index contributed by atoms with van der Waals surface area (Å²) in [5.41, 5.74) is 8.16. The molecule has 1 amide bonds. The van der Waals surface area contributed by atoms with E-state index in [2.05, 4.69) is 17.1 Å². The molecule has 0 aliphatic heterocycles. The molecule has 31 heavy (non-hydrogen) atoms. The third kappa shape index (κ3) is 8.61. The highest BCUT2D eigenvalue weighted by Crippen LogP contribution is 2.09. The van der Waals surface area contributed by atoms with Crippen LogP contribution in [0.2, 0.25) is 0 Å². The predicted octanol–water partition coefficient (Wildman–Crippen LogP) is 3.57. The van der Waals surface area contributed by atoms with Gasteiger partial charge in [-0.25, -0.2) is 4.98 Å². The van der Waals surface area contributed by atoms with Gasteiger partial charge in [0.1, 0.15) is 5.75 Å². The maximum atomic E-state index is 12.5. The monoisotopic (exact) mass is 464 g/mol. The molecule has 2 N–H and O–H groups in total. The van der Waals surface area contributed by atoms with Gasteiger partial charge in [0, 0.05) is 32.8 Å². The van der Waals surface area contributed by atoms with E-state index in [4.69, 9.17) is 10.5 Å². The Bertz CT molecular complexity index is 891. The van der Waals surface area contributed by atoms with Crippen LogP contribution in [0.3, 0.4) is 0 Å². The van der Waals surface area contributed by atoms with E-state index in [1.54, 1.807) is 18.3 Å². The van der Waals surface area contributed by atoms with Crippen molar-refractivity contribution in [2.24, 2.45) is 5.73 Å². The molecule has 2 aromatic carbocycles. The Morgan fingerprint density at radius 3 is 2.42 bits per heavy atom. The molecule has 0 aliphatic rings. The van der Waals surface area contributed by atoms with E-state index in [0.717, 1.165) is 24.4 Å². The van der Waals surface area contributed by atoms with Gasteiger partial charge in [0.2, 0.25) is 5.91 Å². The number of ether oxygens (including phenoxy) is 1. The Morgan fingerprint density at radius 1 is 1.10 bits per heavy atom. The maximum Gasteiger partial charge on any atom is 0.239 e. The molecular formula is C23H30Cl2N4O2. The van der Waals surface area contributed by atoms with Crippen LogP contribution in [0.5, 0.6) is 5.75 Å². The largest absolute Gasteiger partial charge is 0.494 e. The zero-order valence-electron chi connectivity index (χ0n) is 17.6. The third-order valence-electron chi connectivity index (χ3n) is 4.67. The number of carbonyl (C=O) groups excluding carboxylic acids is 1. The zero-order valence-corrected chi connectivity index (χ0v) is 19.2. The van der Waals surface area contributed by atoms with E-state index >= 15 is 0 Å². The molecule has 0 fully saturated rings. The highest BCUT2D eigenvalue weighted by molar-refractivity contribution is 5.85. The van der Waals surface area contributed by atoms with E-state index in [0.29, 0.717) is 19.6 Å². The molecular weight excluding hydrogens is 435 g/mol. The average molecular weight is 465 g/mol. The first-order chi connectivity index (χ1) is 14.1. The van der Waals surface area contributed by atoms with Gasteiger partial charge in [0.05, 0.1) is 24.7 Å². The second-order valence-electron chi connectivity index (χ2n) is 7.11. The molecule has 0 saturated heterocycles. The van der Waals surface area contributed by atoms with Crippen molar-refractivity contribution in [1.82, 2.24) is 14.5 Å². The van der Waals surface area contributed by atoms with Crippen molar-refractivity contribution in [3.63, 3.8) is 0 Å². The van der Waals surface area contributed by atoms with Gasteiger partial charge >= 0.3 is 0 Å². The van der Waals surface area contributed by atoms with Gasteiger partial charge in [0.15, 0.2) is 0 Å². The highest BCUT2D eigenvalue weighted by Gasteiger charge is 2.19. The molecule has 168 valence electrons. The Labute approximate surface area is 196 Å². The van der Waals surface area contributed by atoms with E-state index in [9.17, 15) is 4.79 Å². The fourth-order valence-electron chi connectivity index (χ4n) is 3.11. The zero-order chi connectivity index (χ0) is 20.5. The molecule has 0 spiro atoms. The highest BCUT2D eigenvalue weighted by atomic mass is 35.5. The number of hydrogen-bond donors (Lipinski definition) is 1. The number of rotatable bonds is 10. The molecule has 3 rings (SSSR count). The number of amides is 1. The number of carbonyl (C=O) groups is 1. The number of likely N-dealkylation sites (N-methyl/N-ethyl adjacent to an activating group) is 1. The van der Waals surface area contributed by atoms with Gasteiger partial charge in [-0.1, -0.05) is 48.5 Å². The van der Waals surface area contributed by atoms with Crippen molar-refractivity contribution >= 4 is 30.7 Å². The quantitative estimate of drug-likeness (QED) is 0.465. The lowest BCUT2D eigenvalue weighted by Crippen LogP contribution is -2.43. The summed E-state index contributed by atoms with van der Waals surface area (Å²) >= 11 is 0. The van der Waals surface area contributed by atoms with Crippen LogP contribution in [0.4, 0.5) is 0 Å². The first-order valence-corrected chi connectivity index (χ1v) is 9.85. The summed E-state index contributed by atoms with van der Waals surface area (Å²) in [7, 11) is 1.78. The van der Waals surface area contributed by atoms with Crippen molar-refractivity contribution < 1.29 is 9.53 Å². The van der Waals surface area contributed by atoms with Gasteiger partial charge in [-0.05, 0) is 24.1 Å². The van der Waals surface area contributed by atoms with Crippen molar-refractivity contribution in [3.05, 3.63) is 84.4 Å². The predicted molar refractivity (Wildman–Crippen MR) is 128 cm³/mol. The van der Waals surface area contributed by atoms with Gasteiger partial charge in [-0.2, -0.15) is 0 Å². The molecule has 1 aromatic heterocycles. The van der Waals surface area contributed by atoms with Crippen LogP contribution >= 0.6 is 24.8 Å². The minimum atomic E-state index is -0.602. The number of nitrogens with zero attached hydrogens (tertiary/aromatic N) is 3. The van der Waals surface area contributed by atoms with Crippen molar-refractivity contribution in [1.29, 1.82) is 0 Å². The summed E-state index contributed by atoms with van der Waals surface area (Å²) in [4.78, 5) is 18.6. The van der Waals surface area contributed by atoms with Crippen LogP contribution in [0.1, 0.15) is 17.7 Å². The first kappa shape index (κ1) is 26.5. The topological polar surface area (TPSA) is 73.4 Å². The normalized spacial score (nSPS) is 11.0. The van der Waals surface area contributed by atoms with Crippen LogP contribution < -0.4 is 10.5 Å². The Morgan fingerprint density at radius 2 is 1.74 bits per heavy atom. The number of aromatic nitrogens is 2. The summed E-state index contributed by atoms with van der Waals surface area (Å²) in [5.74, 6) is 0.756. The lowest BCUT2D eigenvalue weighted by atomic mass is 10.1. The first-order valence-electron chi connectivity index (χ1n) is 9.85. The van der Waals surface area contributed by atoms with Gasteiger partial charge < -0.3 is 19.9 Å². The van der Waals surface area contributed by atoms with Crippen LogP contribution in [0.15, 0.2) is 73.2 Å². The van der Waals surface area contributed by atoms with E-state index in [1.165, 1.54) is 5.56 Å². The van der Waals surface area contributed by atoms with Crippen LogP contribution in [-0.4, -0.2) is 46.6 Å². The molecule has 3 aromatic rings. The van der Waals surface area contributed by atoms with E-state index in [1.807, 2.05) is 59.3 Å². The summed E-state index contributed by atoms with van der Waals surface area (Å²) < 4.78 is 7.67. The standard InChI is InChI=1S/C23H28N4O2.2ClH/c1-26(13-8-14-29-21-11-6-3-7-12-21)23(28)22(24)15-20-17-27(18-25-20)16-19-9-4-2-5-10-19;;/h2-7,9-12,17-18,22H,8,13-16,24H2,1H3;2*1H/t22-;;/m0../s1. The SMILES string of the molecule is CN(CCCOc1ccccc1)C(=O)[C@@H](N)Cc1cn(Cc2ccccc2)cn1.Cl.Cl. The summed E-state index contributed by atoms with van der Waals surface area (Å²) in [5, 5.41) is 0. The second kappa shape index (κ2) is 13.7. The number of benzene rings is 2. The number of hydrogen-bond acceptors (Lipinski definition) is 4. The smallest absolute Gasteiger partial charge is 0.239 e. The summed E-state index contributed by atoms with van der Waals surface area (Å²) in [6.07, 6.45) is 4.90. The number of nitrogens with two attached hydrogens (primary N) is 1. The Kier molecular flexibility index (Phi) is 11.7. The van der Waals surface area contributed by atoms with Gasteiger partial charge in [-0.3, -0.25) is 4.79 Å². The fraction of sp³-hybridized carbons (Fsp3) is 0.304. The Balaban J connectivity index is 0.00000240. The molecule has 6 nitrogen and oxygen atoms in total. The van der Waals surface area contributed by atoms with E-state index < -0.39 is 6.04 Å². The number of imidazole rings is 1. The van der Waals surface area contributed by atoms with Gasteiger partial charge in [0.25, 0.3) is 0 Å². The van der Waals surface area contributed by atoms with E-state index in [-0.39, 0.29) is 30.7 Å². The lowest BCUT2D eigenvalue weighted by molar-refractivity contribution is -0.131. The molecule has 1 heterocycles. The van der Waals surface area contributed by atoms with Crippen molar-refractivity contribution in [3.8, 4) is 5.75 Å². The second-order valence-corrected chi connectivity index (χ2v) is 7.11. The van der Waals surface area contributed by atoms with Crippen LogP contribution in [0.25, 0.3) is 0 Å². The molecule has 0 unspecified atom stereocenters. The lowest BCUT2D eigenvalue weighted by Gasteiger charge is -2.21. The molecule has 0 saturated carbocycles. The number of para-hydroxylation sites is 1. The van der Waals surface area contributed by atoms with Crippen molar-refractivity contribution in [2.45, 2.75) is 25.4 Å². The number of halogens is 2. The maximum absolute atomic E-state index is 12.5. The third-order valence-corrected chi connectivity index (χ3v) is 4.67. The summed E-state index contributed by atoms with van der Waals surface area (Å²) in [6, 6.07) is 19.2. The molecule has 8 heteroatoms.